The Kier molecular flexibility index (Phi) is 4.71. The van der Waals surface area contributed by atoms with E-state index in [0.29, 0.717) is 21.3 Å². The van der Waals surface area contributed by atoms with E-state index in [9.17, 15) is 4.79 Å². The fourth-order valence-corrected chi connectivity index (χ4v) is 2.62. The summed E-state index contributed by atoms with van der Waals surface area (Å²) in [5.74, 6) is 0. The molecule has 21 heavy (non-hydrogen) atoms. The maximum absolute atomic E-state index is 12.3. The van der Waals surface area contributed by atoms with Crippen molar-refractivity contribution >= 4 is 45.2 Å². The minimum Gasteiger partial charge on any atom is -0.443 e. The topological polar surface area (TPSA) is 31.2 Å². The van der Waals surface area contributed by atoms with Crippen molar-refractivity contribution in [2.45, 2.75) is 26.4 Å². The molecule has 0 saturated carbocycles. The van der Waals surface area contributed by atoms with Crippen LogP contribution in [0.15, 0.2) is 34.9 Å². The summed E-state index contributed by atoms with van der Waals surface area (Å²) < 4.78 is 7.56. The van der Waals surface area contributed by atoms with Crippen molar-refractivity contribution in [2.75, 3.05) is 0 Å². The highest BCUT2D eigenvalue weighted by Gasteiger charge is 2.22. The minimum atomic E-state index is -0.580. The summed E-state index contributed by atoms with van der Waals surface area (Å²) in [6.07, 6.45) is 1.17. The van der Waals surface area contributed by atoms with Crippen molar-refractivity contribution in [3.05, 3.63) is 45.0 Å². The van der Waals surface area contributed by atoms with Gasteiger partial charge in [-0.3, -0.25) is 4.57 Å². The summed E-state index contributed by atoms with van der Waals surface area (Å²) in [4.78, 5) is 12.3. The third-order valence-electron chi connectivity index (χ3n) is 2.60. The van der Waals surface area contributed by atoms with E-state index in [2.05, 4.69) is 15.9 Å². The number of ether oxygens (including phenoxy) is 1. The molecule has 0 aliphatic rings. The number of carbonyl (C=O) groups excluding carboxylic acids is 1. The van der Waals surface area contributed by atoms with Gasteiger partial charge < -0.3 is 4.74 Å². The molecule has 3 nitrogen and oxygen atoms in total. The quantitative estimate of drug-likeness (QED) is 0.597. The molecule has 1 aromatic heterocycles. The Morgan fingerprint density at radius 2 is 1.95 bits per heavy atom. The van der Waals surface area contributed by atoms with E-state index in [1.165, 1.54) is 4.57 Å². The molecule has 0 aliphatic heterocycles. The Morgan fingerprint density at radius 1 is 1.29 bits per heavy atom. The molecule has 0 fully saturated rings. The van der Waals surface area contributed by atoms with E-state index in [-0.39, 0.29) is 0 Å². The second kappa shape index (κ2) is 6.03. The van der Waals surface area contributed by atoms with Gasteiger partial charge in [0, 0.05) is 16.2 Å². The minimum absolute atomic E-state index is 0.398. The largest absolute Gasteiger partial charge is 0.443 e. The molecule has 112 valence electrons. The van der Waals surface area contributed by atoms with Crippen LogP contribution in [0.1, 0.15) is 20.8 Å². The molecule has 0 spiro atoms. The summed E-state index contributed by atoms with van der Waals surface area (Å²) in [7, 11) is 0. The normalized spacial score (nSPS) is 11.5. The van der Waals surface area contributed by atoms with Crippen LogP contribution in [0.5, 0.6) is 0 Å². The maximum Gasteiger partial charge on any atom is 0.419 e. The van der Waals surface area contributed by atoms with Gasteiger partial charge in [-0.2, -0.15) is 0 Å². The number of rotatable bonds is 1. The average Bonchev–Trinajstić information content (AvgIpc) is 2.73. The van der Waals surface area contributed by atoms with Gasteiger partial charge in [0.25, 0.3) is 0 Å². The molecular weight excluding hydrogens is 377 g/mol. The van der Waals surface area contributed by atoms with E-state index in [1.807, 2.05) is 20.8 Å². The van der Waals surface area contributed by atoms with Crippen LogP contribution in [0.4, 0.5) is 4.79 Å². The van der Waals surface area contributed by atoms with Crippen LogP contribution in [0.25, 0.3) is 11.3 Å². The molecule has 0 aliphatic carbocycles. The van der Waals surface area contributed by atoms with E-state index >= 15 is 0 Å². The number of hydrogen-bond donors (Lipinski definition) is 0. The molecule has 0 saturated heterocycles. The molecular formula is C15H14BrCl2NO2. The number of aromatic nitrogens is 1. The lowest BCUT2D eigenvalue weighted by Gasteiger charge is -2.20. The van der Waals surface area contributed by atoms with Gasteiger partial charge >= 0.3 is 6.09 Å². The zero-order valence-corrected chi connectivity index (χ0v) is 14.9. The number of halogens is 3. The number of benzene rings is 1. The predicted molar refractivity (Wildman–Crippen MR) is 89.2 cm³/mol. The Morgan fingerprint density at radius 3 is 2.57 bits per heavy atom. The molecule has 0 amide bonds. The highest BCUT2D eigenvalue weighted by Crippen LogP contribution is 2.35. The Balaban J connectivity index is 2.51. The first-order valence-corrected chi connectivity index (χ1v) is 7.79. The first-order chi connectivity index (χ1) is 9.69. The highest BCUT2D eigenvalue weighted by atomic mass is 79.9. The number of hydrogen-bond acceptors (Lipinski definition) is 2. The molecule has 0 radical (unpaired) electrons. The van der Waals surface area contributed by atoms with Crippen LogP contribution in [-0.4, -0.2) is 16.3 Å². The summed E-state index contributed by atoms with van der Waals surface area (Å²) in [6, 6.07) is 7.07. The standard InChI is InChI=1S/C15H14BrCl2NO2/c1-15(2,3)21-14(20)19-8-9(16)7-12(19)10-5-4-6-11(17)13(10)18/h4-8H,1-3H3. The van der Waals surface area contributed by atoms with Crippen LogP contribution >= 0.6 is 39.1 Å². The number of carbonyl (C=O) groups is 1. The third kappa shape index (κ3) is 3.82. The molecule has 0 bridgehead atoms. The molecule has 6 heteroatoms. The highest BCUT2D eigenvalue weighted by molar-refractivity contribution is 9.10. The zero-order chi connectivity index (χ0) is 15.8. The average molecular weight is 391 g/mol. The smallest absolute Gasteiger partial charge is 0.419 e. The molecule has 1 aromatic carbocycles. The van der Waals surface area contributed by atoms with Crippen molar-refractivity contribution in [3.8, 4) is 11.3 Å². The SMILES string of the molecule is CC(C)(C)OC(=O)n1cc(Br)cc1-c1cccc(Cl)c1Cl. The van der Waals surface area contributed by atoms with E-state index in [1.54, 1.807) is 30.5 Å². The molecule has 0 N–H and O–H groups in total. The van der Waals surface area contributed by atoms with E-state index in [0.717, 1.165) is 4.47 Å². The van der Waals surface area contributed by atoms with Crippen LogP contribution in [0.3, 0.4) is 0 Å². The summed E-state index contributed by atoms with van der Waals surface area (Å²) in [5, 5.41) is 0.830. The first kappa shape index (κ1) is 16.4. The molecule has 1 heterocycles. The second-order valence-electron chi connectivity index (χ2n) is 5.50. The van der Waals surface area contributed by atoms with Crippen LogP contribution < -0.4 is 0 Å². The fourth-order valence-electron chi connectivity index (χ4n) is 1.80. The lowest BCUT2D eigenvalue weighted by molar-refractivity contribution is 0.0540. The monoisotopic (exact) mass is 389 g/mol. The number of nitrogens with zero attached hydrogens (tertiary/aromatic N) is 1. The van der Waals surface area contributed by atoms with Gasteiger partial charge in [0.15, 0.2) is 0 Å². The van der Waals surface area contributed by atoms with Gasteiger partial charge in [-0.15, -0.1) is 0 Å². The van der Waals surface area contributed by atoms with Crippen molar-refractivity contribution < 1.29 is 9.53 Å². The summed E-state index contributed by atoms with van der Waals surface area (Å²) >= 11 is 15.6. The van der Waals surface area contributed by atoms with Crippen molar-refractivity contribution in [1.82, 2.24) is 4.57 Å². The van der Waals surface area contributed by atoms with Crippen LogP contribution in [0, 0.1) is 0 Å². The lowest BCUT2D eigenvalue weighted by Crippen LogP contribution is -2.27. The third-order valence-corrected chi connectivity index (χ3v) is 3.86. The van der Waals surface area contributed by atoms with Gasteiger partial charge in [-0.25, -0.2) is 4.79 Å². The van der Waals surface area contributed by atoms with Crippen molar-refractivity contribution in [1.29, 1.82) is 0 Å². The Labute approximate surface area is 141 Å². The summed E-state index contributed by atoms with van der Waals surface area (Å²) in [6.45, 7) is 5.44. The van der Waals surface area contributed by atoms with Gasteiger partial charge in [-0.05, 0) is 48.8 Å². The predicted octanol–water partition coefficient (Wildman–Crippen LogP) is 6.01. The van der Waals surface area contributed by atoms with Crippen molar-refractivity contribution in [2.24, 2.45) is 0 Å². The van der Waals surface area contributed by atoms with Gasteiger partial charge in [-0.1, -0.05) is 35.3 Å². The van der Waals surface area contributed by atoms with E-state index in [4.69, 9.17) is 27.9 Å². The van der Waals surface area contributed by atoms with Gasteiger partial charge in [0.05, 0.1) is 15.7 Å². The molecule has 0 atom stereocenters. The van der Waals surface area contributed by atoms with Crippen molar-refractivity contribution in [3.63, 3.8) is 0 Å². The molecule has 2 aromatic rings. The first-order valence-electron chi connectivity index (χ1n) is 6.24. The molecule has 2 rings (SSSR count). The Hall–Kier alpha value is -0.970. The van der Waals surface area contributed by atoms with Gasteiger partial charge in [0.1, 0.15) is 5.60 Å². The fraction of sp³-hybridized carbons (Fsp3) is 0.267. The Bertz CT molecular complexity index is 689. The van der Waals surface area contributed by atoms with Crippen LogP contribution in [0.2, 0.25) is 10.0 Å². The zero-order valence-electron chi connectivity index (χ0n) is 11.8. The molecule has 0 unspecified atom stereocenters. The lowest BCUT2D eigenvalue weighted by atomic mass is 10.1. The van der Waals surface area contributed by atoms with Gasteiger partial charge in [0.2, 0.25) is 0 Å². The van der Waals surface area contributed by atoms with Crippen LogP contribution in [-0.2, 0) is 4.74 Å². The van der Waals surface area contributed by atoms with E-state index < -0.39 is 11.7 Å². The second-order valence-corrected chi connectivity index (χ2v) is 7.20. The summed E-state index contributed by atoms with van der Waals surface area (Å²) in [5.41, 5.74) is 0.702. The maximum atomic E-state index is 12.3.